The number of carbonyl (C=O) groups excluding carboxylic acids is 2. The summed E-state index contributed by atoms with van der Waals surface area (Å²) < 4.78 is 4.78. The molecule has 0 aromatic rings. The second-order valence-electron chi connectivity index (χ2n) is 3.89. The van der Waals surface area contributed by atoms with Crippen molar-refractivity contribution in [2.24, 2.45) is 5.73 Å². The molecule has 0 atom stereocenters. The summed E-state index contributed by atoms with van der Waals surface area (Å²) in [6, 6.07) is 0. The van der Waals surface area contributed by atoms with Gasteiger partial charge in [0, 0.05) is 13.7 Å². The number of ether oxygens (including phenoxy) is 1. The van der Waals surface area contributed by atoms with Crippen molar-refractivity contribution in [1.29, 1.82) is 0 Å². The first kappa shape index (κ1) is 15.9. The van der Waals surface area contributed by atoms with Crippen LogP contribution in [0.15, 0.2) is 0 Å². The third kappa shape index (κ3) is 5.65. The minimum atomic E-state index is -0.882. The molecular formula is C11H23N3O3. The number of nitrogens with two attached hydrogens (primary N) is 1. The van der Waals surface area contributed by atoms with Crippen LogP contribution in [0.2, 0.25) is 0 Å². The molecule has 0 aliphatic rings. The maximum absolute atomic E-state index is 11.7. The Hall–Kier alpha value is -1.14. The lowest BCUT2D eigenvalue weighted by Crippen LogP contribution is -2.54. The van der Waals surface area contributed by atoms with Crippen LogP contribution in [-0.2, 0) is 14.3 Å². The summed E-state index contributed by atoms with van der Waals surface area (Å²) in [5.74, 6) is -0.533. The lowest BCUT2D eigenvalue weighted by atomic mass is 9.93. The van der Waals surface area contributed by atoms with E-state index in [9.17, 15) is 9.59 Å². The number of hydrogen-bond donors (Lipinski definition) is 3. The topological polar surface area (TPSA) is 93.5 Å². The predicted octanol–water partition coefficient (Wildman–Crippen LogP) is -0.617. The lowest BCUT2D eigenvalue weighted by Gasteiger charge is -2.24. The monoisotopic (exact) mass is 245 g/mol. The third-order valence-electron chi connectivity index (χ3n) is 2.75. The fraction of sp³-hybridized carbons (Fsp3) is 0.818. The van der Waals surface area contributed by atoms with Gasteiger partial charge >= 0.3 is 0 Å². The molecule has 0 aromatic heterocycles. The molecule has 0 saturated heterocycles. The normalized spacial score (nSPS) is 11.1. The van der Waals surface area contributed by atoms with Gasteiger partial charge in [-0.2, -0.15) is 0 Å². The highest BCUT2D eigenvalue weighted by Gasteiger charge is 2.29. The molecule has 100 valence electrons. The van der Waals surface area contributed by atoms with Crippen molar-refractivity contribution in [3.05, 3.63) is 0 Å². The van der Waals surface area contributed by atoms with Gasteiger partial charge in [-0.05, 0) is 12.8 Å². The fourth-order valence-electron chi connectivity index (χ4n) is 1.26. The fourth-order valence-corrected chi connectivity index (χ4v) is 1.26. The van der Waals surface area contributed by atoms with Crippen molar-refractivity contribution in [3.8, 4) is 0 Å². The van der Waals surface area contributed by atoms with Crippen LogP contribution in [0, 0.1) is 0 Å². The lowest BCUT2D eigenvalue weighted by molar-refractivity contribution is -0.129. The van der Waals surface area contributed by atoms with Gasteiger partial charge in [0.2, 0.25) is 11.8 Å². The average molecular weight is 245 g/mol. The van der Waals surface area contributed by atoms with Crippen molar-refractivity contribution in [1.82, 2.24) is 10.6 Å². The van der Waals surface area contributed by atoms with E-state index in [1.807, 2.05) is 13.8 Å². The van der Waals surface area contributed by atoms with Crippen LogP contribution < -0.4 is 16.4 Å². The number of carbonyl (C=O) groups is 2. The van der Waals surface area contributed by atoms with E-state index in [-0.39, 0.29) is 18.4 Å². The van der Waals surface area contributed by atoms with Crippen LogP contribution in [0.4, 0.5) is 0 Å². The Morgan fingerprint density at radius 3 is 2.29 bits per heavy atom. The van der Waals surface area contributed by atoms with Gasteiger partial charge in [-0.15, -0.1) is 0 Å². The van der Waals surface area contributed by atoms with Gasteiger partial charge in [-0.25, -0.2) is 0 Å². The minimum Gasteiger partial charge on any atom is -0.383 e. The van der Waals surface area contributed by atoms with E-state index in [4.69, 9.17) is 10.5 Å². The molecule has 0 rings (SSSR count). The summed E-state index contributed by atoms with van der Waals surface area (Å²) in [6.45, 7) is 4.52. The summed E-state index contributed by atoms with van der Waals surface area (Å²) >= 11 is 0. The van der Waals surface area contributed by atoms with Gasteiger partial charge in [0.25, 0.3) is 0 Å². The summed E-state index contributed by atoms with van der Waals surface area (Å²) in [5, 5.41) is 5.14. The molecule has 0 unspecified atom stereocenters. The zero-order chi connectivity index (χ0) is 13.3. The van der Waals surface area contributed by atoms with Crippen LogP contribution in [0.1, 0.15) is 26.7 Å². The van der Waals surface area contributed by atoms with Crippen LogP contribution >= 0.6 is 0 Å². The van der Waals surface area contributed by atoms with Gasteiger partial charge in [0.1, 0.15) is 0 Å². The quantitative estimate of drug-likeness (QED) is 0.497. The van der Waals surface area contributed by atoms with Crippen molar-refractivity contribution < 1.29 is 14.3 Å². The Labute approximate surface area is 102 Å². The van der Waals surface area contributed by atoms with E-state index in [0.29, 0.717) is 26.0 Å². The van der Waals surface area contributed by atoms with Crippen LogP contribution in [-0.4, -0.2) is 44.2 Å². The van der Waals surface area contributed by atoms with Crippen LogP contribution in [0.25, 0.3) is 0 Å². The Morgan fingerprint density at radius 2 is 1.82 bits per heavy atom. The molecule has 0 saturated carbocycles. The molecule has 0 spiro atoms. The van der Waals surface area contributed by atoms with Crippen LogP contribution in [0.3, 0.4) is 0 Å². The number of hydrogen-bond acceptors (Lipinski definition) is 4. The van der Waals surface area contributed by atoms with E-state index < -0.39 is 5.54 Å². The second-order valence-corrected chi connectivity index (χ2v) is 3.89. The molecule has 0 heterocycles. The summed E-state index contributed by atoms with van der Waals surface area (Å²) in [6.07, 6.45) is 1.08. The highest BCUT2D eigenvalue weighted by Crippen LogP contribution is 2.10. The summed E-state index contributed by atoms with van der Waals surface area (Å²) in [5.41, 5.74) is 5.00. The Bertz CT molecular complexity index is 252. The Morgan fingerprint density at radius 1 is 1.24 bits per heavy atom. The van der Waals surface area contributed by atoms with E-state index in [1.54, 1.807) is 7.11 Å². The molecule has 0 aliphatic carbocycles. The highest BCUT2D eigenvalue weighted by molar-refractivity contribution is 5.90. The molecule has 4 N–H and O–H groups in total. The molecule has 0 aromatic carbocycles. The maximum atomic E-state index is 11.7. The maximum Gasteiger partial charge on any atom is 0.240 e. The van der Waals surface area contributed by atoms with E-state index in [2.05, 4.69) is 10.6 Å². The molecule has 0 aliphatic heterocycles. The van der Waals surface area contributed by atoms with E-state index >= 15 is 0 Å². The van der Waals surface area contributed by atoms with E-state index in [1.165, 1.54) is 0 Å². The molecule has 0 radical (unpaired) electrons. The van der Waals surface area contributed by atoms with Crippen LogP contribution in [0.5, 0.6) is 0 Å². The largest absolute Gasteiger partial charge is 0.383 e. The number of rotatable bonds is 8. The van der Waals surface area contributed by atoms with Gasteiger partial charge in [-0.1, -0.05) is 13.8 Å². The molecule has 17 heavy (non-hydrogen) atoms. The predicted molar refractivity (Wildman–Crippen MR) is 65.4 cm³/mol. The number of nitrogens with one attached hydrogen (secondary N) is 2. The summed E-state index contributed by atoms with van der Waals surface area (Å²) in [7, 11) is 1.55. The number of amides is 2. The molecule has 0 fully saturated rings. The molecule has 6 nitrogen and oxygen atoms in total. The van der Waals surface area contributed by atoms with Gasteiger partial charge in [-0.3, -0.25) is 9.59 Å². The summed E-state index contributed by atoms with van der Waals surface area (Å²) in [4.78, 5) is 23.0. The molecule has 6 heteroatoms. The minimum absolute atomic E-state index is 0.0541. The van der Waals surface area contributed by atoms with Gasteiger partial charge in [0.05, 0.1) is 18.7 Å². The first-order chi connectivity index (χ1) is 8.00. The van der Waals surface area contributed by atoms with Gasteiger partial charge < -0.3 is 21.1 Å². The van der Waals surface area contributed by atoms with Crippen molar-refractivity contribution in [2.75, 3.05) is 26.8 Å². The van der Waals surface area contributed by atoms with E-state index in [0.717, 1.165) is 0 Å². The van der Waals surface area contributed by atoms with Crippen molar-refractivity contribution >= 4 is 11.8 Å². The SMILES string of the molecule is CCC(N)(CC)C(=O)NCC(=O)NCCOC. The number of methoxy groups -OCH3 is 1. The second kappa shape index (κ2) is 8.03. The average Bonchev–Trinajstić information content (AvgIpc) is 2.35. The molecular weight excluding hydrogens is 222 g/mol. The first-order valence-electron chi connectivity index (χ1n) is 5.83. The smallest absolute Gasteiger partial charge is 0.240 e. The zero-order valence-electron chi connectivity index (χ0n) is 10.8. The standard InChI is InChI=1S/C11H23N3O3/c1-4-11(12,5-2)10(16)14-8-9(15)13-6-7-17-3/h4-8,12H2,1-3H3,(H,13,15)(H,14,16). The van der Waals surface area contributed by atoms with Crippen molar-refractivity contribution in [3.63, 3.8) is 0 Å². The molecule has 0 bridgehead atoms. The third-order valence-corrected chi connectivity index (χ3v) is 2.75. The first-order valence-corrected chi connectivity index (χ1v) is 5.83. The zero-order valence-corrected chi connectivity index (χ0v) is 10.8. The van der Waals surface area contributed by atoms with Crippen molar-refractivity contribution in [2.45, 2.75) is 32.2 Å². The van der Waals surface area contributed by atoms with Gasteiger partial charge in [0.15, 0.2) is 0 Å². The molecule has 2 amide bonds. The Balaban J connectivity index is 3.94. The Kier molecular flexibility index (Phi) is 7.49. The highest BCUT2D eigenvalue weighted by atomic mass is 16.5.